The minimum atomic E-state index is -1.53. The molecule has 0 aromatic heterocycles. The van der Waals surface area contributed by atoms with Crippen LogP contribution in [0.15, 0.2) is 0 Å². The number of hydrogen-bond acceptors (Lipinski definition) is 6. The van der Waals surface area contributed by atoms with E-state index in [-0.39, 0.29) is 5.90 Å². The Morgan fingerprint density at radius 3 is 2.13 bits per heavy atom. The third-order valence-corrected chi connectivity index (χ3v) is 3.19. The lowest BCUT2D eigenvalue weighted by Crippen LogP contribution is -2.42. The Morgan fingerprint density at radius 1 is 1.33 bits per heavy atom. The number of nitriles is 3. The summed E-state index contributed by atoms with van der Waals surface area (Å²) < 4.78 is 5.00. The molecule has 1 aliphatic heterocycles. The van der Waals surface area contributed by atoms with Crippen LogP contribution in [0.5, 0.6) is 0 Å². The second-order valence-corrected chi connectivity index (χ2v) is 4.00. The molecule has 74 valence electrons. The molecule has 0 aromatic rings. The Bertz CT molecular complexity index is 474. The summed E-state index contributed by atoms with van der Waals surface area (Å²) in [7, 11) is 0. The average molecular weight is 201 g/mol. The van der Waals surface area contributed by atoms with Crippen molar-refractivity contribution in [3.63, 3.8) is 0 Å². The molecule has 1 heterocycles. The van der Waals surface area contributed by atoms with Gasteiger partial charge in [0, 0.05) is 0 Å². The zero-order valence-corrected chi connectivity index (χ0v) is 7.90. The first kappa shape index (κ1) is 9.45. The molecule has 0 amide bonds. The molecular formula is C9H7N5O. The van der Waals surface area contributed by atoms with E-state index in [1.807, 2.05) is 6.07 Å². The van der Waals surface area contributed by atoms with Gasteiger partial charge in [-0.25, -0.2) is 0 Å². The zero-order valence-electron chi connectivity index (χ0n) is 7.90. The standard InChI is InChI=1S/C9H7N5O/c1-7(14)5-8(2-10,3-11)9(5,4-12)6(13)15-7/h5,13H,14H2,1H3. The Balaban J connectivity index is 2.65. The Hall–Kier alpha value is -2.10. The average Bonchev–Trinajstić information content (AvgIpc) is 2.75. The van der Waals surface area contributed by atoms with Crippen LogP contribution < -0.4 is 5.73 Å². The molecule has 0 bridgehead atoms. The van der Waals surface area contributed by atoms with Gasteiger partial charge in [0.15, 0.2) is 16.6 Å². The number of fused-ring (bicyclic) bond motifs is 1. The molecule has 1 aliphatic carbocycles. The molecule has 2 aliphatic rings. The fourth-order valence-corrected chi connectivity index (χ4v) is 2.54. The lowest BCUT2D eigenvalue weighted by atomic mass is 9.96. The zero-order chi connectivity index (χ0) is 11.5. The van der Waals surface area contributed by atoms with E-state index in [0.717, 1.165) is 0 Å². The first-order valence-electron chi connectivity index (χ1n) is 4.23. The molecular weight excluding hydrogens is 194 g/mol. The van der Waals surface area contributed by atoms with E-state index in [9.17, 15) is 0 Å². The number of nitrogens with zero attached hydrogens (tertiary/aromatic N) is 3. The summed E-state index contributed by atoms with van der Waals surface area (Å²) in [6.45, 7) is 1.47. The molecule has 3 atom stereocenters. The molecule has 6 heteroatoms. The van der Waals surface area contributed by atoms with E-state index in [1.165, 1.54) is 6.92 Å². The van der Waals surface area contributed by atoms with Crippen LogP contribution in [0.25, 0.3) is 0 Å². The second-order valence-electron chi connectivity index (χ2n) is 4.00. The van der Waals surface area contributed by atoms with Crippen LogP contribution in [0.3, 0.4) is 0 Å². The highest BCUT2D eigenvalue weighted by molar-refractivity contribution is 5.94. The number of hydrogen-bond donors (Lipinski definition) is 2. The van der Waals surface area contributed by atoms with Gasteiger partial charge in [-0.15, -0.1) is 0 Å². The largest absolute Gasteiger partial charge is 0.458 e. The van der Waals surface area contributed by atoms with Gasteiger partial charge in [0.05, 0.1) is 24.1 Å². The third-order valence-electron chi connectivity index (χ3n) is 3.19. The van der Waals surface area contributed by atoms with Crippen molar-refractivity contribution in [3.05, 3.63) is 0 Å². The maximum absolute atomic E-state index is 9.04. The van der Waals surface area contributed by atoms with Gasteiger partial charge in [-0.1, -0.05) is 0 Å². The summed E-state index contributed by atoms with van der Waals surface area (Å²) in [6.07, 6.45) is 0. The van der Waals surface area contributed by atoms with E-state index >= 15 is 0 Å². The van der Waals surface area contributed by atoms with Crippen LogP contribution >= 0.6 is 0 Å². The summed E-state index contributed by atoms with van der Waals surface area (Å²) in [5.74, 6) is -1.12. The van der Waals surface area contributed by atoms with Crippen LogP contribution in [0.1, 0.15) is 6.92 Å². The predicted molar refractivity (Wildman–Crippen MR) is 46.6 cm³/mol. The third kappa shape index (κ3) is 0.634. The van der Waals surface area contributed by atoms with Crippen molar-refractivity contribution in [2.45, 2.75) is 12.6 Å². The minimum Gasteiger partial charge on any atom is -0.458 e. The number of ether oxygens (including phenoxy) is 1. The molecule has 15 heavy (non-hydrogen) atoms. The highest BCUT2D eigenvalue weighted by atomic mass is 16.5. The van der Waals surface area contributed by atoms with E-state index < -0.39 is 22.5 Å². The highest BCUT2D eigenvalue weighted by Gasteiger charge is 2.92. The molecule has 0 aromatic carbocycles. The predicted octanol–water partition coefficient (Wildman–Crippen LogP) is -0.158. The topological polar surface area (TPSA) is 130 Å². The van der Waals surface area contributed by atoms with Crippen molar-refractivity contribution in [1.29, 1.82) is 21.2 Å². The molecule has 1 saturated heterocycles. The van der Waals surface area contributed by atoms with Crippen LogP contribution in [-0.4, -0.2) is 11.6 Å². The molecule has 3 unspecified atom stereocenters. The second kappa shape index (κ2) is 2.11. The molecule has 6 nitrogen and oxygen atoms in total. The van der Waals surface area contributed by atoms with Crippen molar-refractivity contribution in [1.82, 2.24) is 0 Å². The molecule has 0 radical (unpaired) electrons. The molecule has 2 rings (SSSR count). The van der Waals surface area contributed by atoms with Gasteiger partial charge in [-0.2, -0.15) is 15.8 Å². The van der Waals surface area contributed by atoms with Crippen LogP contribution in [0, 0.1) is 56.2 Å². The van der Waals surface area contributed by atoms with E-state index in [2.05, 4.69) is 0 Å². The Morgan fingerprint density at radius 2 is 1.87 bits per heavy atom. The Labute approximate surface area is 86.0 Å². The van der Waals surface area contributed by atoms with Crippen LogP contribution in [0.2, 0.25) is 0 Å². The quantitative estimate of drug-likeness (QED) is 0.562. The summed E-state index contributed by atoms with van der Waals surface area (Å²) in [6, 6.07) is 5.43. The van der Waals surface area contributed by atoms with E-state index in [1.54, 1.807) is 12.1 Å². The van der Waals surface area contributed by atoms with Gasteiger partial charge in [0.25, 0.3) is 0 Å². The monoisotopic (exact) mass is 201 g/mol. The first-order chi connectivity index (χ1) is 6.93. The van der Waals surface area contributed by atoms with Gasteiger partial charge >= 0.3 is 0 Å². The maximum Gasteiger partial charge on any atom is 0.206 e. The van der Waals surface area contributed by atoms with Crippen molar-refractivity contribution < 1.29 is 4.74 Å². The van der Waals surface area contributed by atoms with Crippen molar-refractivity contribution >= 4 is 5.90 Å². The van der Waals surface area contributed by atoms with E-state index in [4.69, 9.17) is 31.7 Å². The number of nitrogens with two attached hydrogens (primary N) is 1. The normalized spacial score (nSPS) is 44.2. The summed E-state index contributed by atoms with van der Waals surface area (Å²) in [5.41, 5.74) is 1.43. The van der Waals surface area contributed by atoms with Crippen LogP contribution in [-0.2, 0) is 4.74 Å². The van der Waals surface area contributed by atoms with Gasteiger partial charge in [0.2, 0.25) is 5.90 Å². The lowest BCUT2D eigenvalue weighted by molar-refractivity contribution is 0.0686. The summed E-state index contributed by atoms with van der Waals surface area (Å²) >= 11 is 0. The van der Waals surface area contributed by atoms with Crippen molar-refractivity contribution in [2.75, 3.05) is 0 Å². The fourth-order valence-electron chi connectivity index (χ4n) is 2.54. The van der Waals surface area contributed by atoms with Crippen molar-refractivity contribution in [3.8, 4) is 18.2 Å². The Kier molecular flexibility index (Phi) is 1.33. The van der Waals surface area contributed by atoms with Gasteiger partial charge in [-0.05, 0) is 6.92 Å². The molecule has 0 spiro atoms. The first-order valence-corrected chi connectivity index (χ1v) is 4.23. The number of rotatable bonds is 0. The number of nitrogens with one attached hydrogen (secondary N) is 1. The maximum atomic E-state index is 9.04. The smallest absolute Gasteiger partial charge is 0.206 e. The minimum absolute atomic E-state index is 0.372. The lowest BCUT2D eigenvalue weighted by Gasteiger charge is -2.22. The van der Waals surface area contributed by atoms with Gasteiger partial charge in [0.1, 0.15) is 0 Å². The fraction of sp³-hybridized carbons (Fsp3) is 0.556. The summed E-state index contributed by atoms with van der Waals surface area (Å²) in [5, 5.41) is 34.5. The summed E-state index contributed by atoms with van der Waals surface area (Å²) in [4.78, 5) is 0. The highest BCUT2D eigenvalue weighted by Crippen LogP contribution is 2.75. The molecule has 3 N–H and O–H groups in total. The van der Waals surface area contributed by atoms with Crippen LogP contribution in [0.4, 0.5) is 0 Å². The van der Waals surface area contributed by atoms with Gasteiger partial charge < -0.3 is 4.74 Å². The van der Waals surface area contributed by atoms with E-state index in [0.29, 0.717) is 0 Å². The molecule has 2 fully saturated rings. The SMILES string of the molecule is CC1(N)OC(=N)C2(C#N)C1C2(C#N)C#N. The molecule has 1 saturated carbocycles. The van der Waals surface area contributed by atoms with Gasteiger partial charge in [-0.3, -0.25) is 11.1 Å². The van der Waals surface area contributed by atoms with Crippen molar-refractivity contribution in [2.24, 2.45) is 22.5 Å².